The van der Waals surface area contributed by atoms with Crippen LogP contribution in [0.3, 0.4) is 0 Å². The second-order valence-electron chi connectivity index (χ2n) is 6.16. The van der Waals surface area contributed by atoms with Crippen LogP contribution in [0.2, 0.25) is 0 Å². The summed E-state index contributed by atoms with van der Waals surface area (Å²) in [5.41, 5.74) is 2.91. The van der Waals surface area contributed by atoms with Gasteiger partial charge in [0.05, 0.1) is 11.0 Å². The molecule has 0 aliphatic heterocycles. The van der Waals surface area contributed by atoms with Crippen LogP contribution < -0.4 is 5.32 Å². The highest BCUT2D eigenvalue weighted by Gasteiger charge is 2.15. The minimum atomic E-state index is -0.968. The highest BCUT2D eigenvalue weighted by atomic mass is 32.1. The van der Waals surface area contributed by atoms with Crippen molar-refractivity contribution in [3.05, 3.63) is 80.8 Å². The maximum absolute atomic E-state index is 12.3. The van der Waals surface area contributed by atoms with Crippen LogP contribution in [0.25, 0.3) is 10.6 Å². The third-order valence-electron chi connectivity index (χ3n) is 4.29. The first kappa shape index (κ1) is 19.7. The second-order valence-corrected chi connectivity index (χ2v) is 7.02. The Morgan fingerprint density at radius 3 is 2.50 bits per heavy atom. The van der Waals surface area contributed by atoms with Crippen molar-refractivity contribution < 1.29 is 14.8 Å². The molecule has 2 N–H and O–H groups in total. The zero-order valence-electron chi connectivity index (χ0n) is 15.2. The van der Waals surface area contributed by atoms with Crippen LogP contribution in [0, 0.1) is 10.1 Å². The van der Waals surface area contributed by atoms with Gasteiger partial charge in [0.2, 0.25) is 0 Å². The number of benzene rings is 2. The molecule has 3 aromatic rings. The normalized spacial score (nSPS) is 11.8. The number of aromatic nitrogens is 1. The molecule has 0 fully saturated rings. The number of aryl methyl sites for hydroxylation is 1. The topological polar surface area (TPSA) is 105 Å². The standard InChI is InChI=1S/C20H19N3O4S/c1-2-13-3-5-15(6-4-13)20-22-17(12-28-20)19(25)21-11-18(24)14-7-9-16(10-8-14)23(26)27/h3-10,12,18,24H,2,11H2,1H3,(H,21,25)/t18-/m1/s1. The van der Waals surface area contributed by atoms with Crippen LogP contribution in [-0.4, -0.2) is 27.5 Å². The fourth-order valence-corrected chi connectivity index (χ4v) is 3.42. The van der Waals surface area contributed by atoms with Gasteiger partial charge < -0.3 is 10.4 Å². The highest BCUT2D eigenvalue weighted by Crippen LogP contribution is 2.24. The Kier molecular flexibility index (Phi) is 6.13. The molecule has 7 nitrogen and oxygen atoms in total. The van der Waals surface area contributed by atoms with E-state index in [9.17, 15) is 20.0 Å². The van der Waals surface area contributed by atoms with E-state index < -0.39 is 11.0 Å². The van der Waals surface area contributed by atoms with Gasteiger partial charge in [0.25, 0.3) is 11.6 Å². The number of nitrogens with zero attached hydrogens (tertiary/aromatic N) is 2. The van der Waals surface area contributed by atoms with E-state index in [2.05, 4.69) is 17.2 Å². The number of hydrogen-bond donors (Lipinski definition) is 2. The van der Waals surface area contributed by atoms with Crippen molar-refractivity contribution >= 4 is 22.9 Å². The first-order valence-electron chi connectivity index (χ1n) is 8.73. The van der Waals surface area contributed by atoms with Gasteiger partial charge in [0.1, 0.15) is 10.7 Å². The lowest BCUT2D eigenvalue weighted by Gasteiger charge is -2.11. The molecule has 0 bridgehead atoms. The maximum atomic E-state index is 12.3. The Morgan fingerprint density at radius 1 is 1.21 bits per heavy atom. The predicted molar refractivity (Wildman–Crippen MR) is 107 cm³/mol. The van der Waals surface area contributed by atoms with Crippen molar-refractivity contribution in [1.82, 2.24) is 10.3 Å². The lowest BCUT2D eigenvalue weighted by Crippen LogP contribution is -2.28. The molecule has 0 aliphatic rings. The molecule has 0 aliphatic carbocycles. The van der Waals surface area contributed by atoms with E-state index in [1.54, 1.807) is 5.38 Å². The van der Waals surface area contributed by atoms with Crippen LogP contribution in [0.5, 0.6) is 0 Å². The third kappa shape index (κ3) is 4.59. The summed E-state index contributed by atoms with van der Waals surface area (Å²) in [5.74, 6) is -0.381. The lowest BCUT2D eigenvalue weighted by atomic mass is 10.1. The van der Waals surface area contributed by atoms with Gasteiger partial charge in [-0.3, -0.25) is 14.9 Å². The number of nitrogens with one attached hydrogen (secondary N) is 1. The molecule has 8 heteroatoms. The predicted octanol–water partition coefficient (Wildman–Crippen LogP) is 3.74. The average molecular weight is 397 g/mol. The molecular formula is C20H19N3O4S. The van der Waals surface area contributed by atoms with Crippen molar-refractivity contribution in [3.63, 3.8) is 0 Å². The van der Waals surface area contributed by atoms with Crippen LogP contribution in [0.4, 0.5) is 5.69 Å². The number of thiazole rings is 1. The molecule has 0 saturated heterocycles. The number of carbonyl (C=O) groups is 1. The molecule has 0 radical (unpaired) electrons. The first-order valence-corrected chi connectivity index (χ1v) is 9.61. The zero-order chi connectivity index (χ0) is 20.1. The summed E-state index contributed by atoms with van der Waals surface area (Å²) in [6.07, 6.45) is -0.00690. The molecule has 3 rings (SSSR count). The number of aliphatic hydroxyl groups is 1. The van der Waals surface area contributed by atoms with Gasteiger partial charge in [-0.15, -0.1) is 11.3 Å². The largest absolute Gasteiger partial charge is 0.387 e. The fourth-order valence-electron chi connectivity index (χ4n) is 2.61. The number of hydrogen-bond acceptors (Lipinski definition) is 6. The quantitative estimate of drug-likeness (QED) is 0.467. The summed E-state index contributed by atoms with van der Waals surface area (Å²) in [6.45, 7) is 2.07. The molecule has 1 aromatic heterocycles. The number of nitro benzene ring substituents is 1. The second kappa shape index (κ2) is 8.73. The minimum absolute atomic E-state index is 0.0191. The smallest absolute Gasteiger partial charge is 0.270 e. The third-order valence-corrected chi connectivity index (χ3v) is 5.18. The van der Waals surface area contributed by atoms with Crippen molar-refractivity contribution in [2.45, 2.75) is 19.4 Å². The minimum Gasteiger partial charge on any atom is -0.387 e. The van der Waals surface area contributed by atoms with E-state index >= 15 is 0 Å². The SMILES string of the molecule is CCc1ccc(-c2nc(C(=O)NC[C@@H](O)c3ccc([N+](=O)[O-])cc3)cs2)cc1. The van der Waals surface area contributed by atoms with E-state index in [-0.39, 0.29) is 23.8 Å². The zero-order valence-corrected chi connectivity index (χ0v) is 16.0. The van der Waals surface area contributed by atoms with Gasteiger partial charge in [-0.25, -0.2) is 4.98 Å². The summed E-state index contributed by atoms with van der Waals surface area (Å²) >= 11 is 1.38. The van der Waals surface area contributed by atoms with E-state index in [0.29, 0.717) is 5.56 Å². The van der Waals surface area contributed by atoms with Crippen molar-refractivity contribution in [3.8, 4) is 10.6 Å². The number of amides is 1. The van der Waals surface area contributed by atoms with Gasteiger partial charge in [-0.1, -0.05) is 31.2 Å². The maximum Gasteiger partial charge on any atom is 0.270 e. The summed E-state index contributed by atoms with van der Waals surface area (Å²) in [4.78, 5) is 26.8. The number of aliphatic hydroxyl groups excluding tert-OH is 1. The Labute approximate surface area is 165 Å². The van der Waals surface area contributed by atoms with Crippen LogP contribution in [0.15, 0.2) is 53.9 Å². The first-order chi connectivity index (χ1) is 13.5. The summed E-state index contributed by atoms with van der Waals surface area (Å²) in [7, 11) is 0. The van der Waals surface area contributed by atoms with E-state index in [1.807, 2.05) is 24.3 Å². The lowest BCUT2D eigenvalue weighted by molar-refractivity contribution is -0.384. The Balaban J connectivity index is 1.60. The number of nitro groups is 1. The molecule has 2 aromatic carbocycles. The van der Waals surface area contributed by atoms with Crippen molar-refractivity contribution in [2.75, 3.05) is 6.54 Å². The average Bonchev–Trinajstić information content (AvgIpc) is 3.22. The Hall–Kier alpha value is -3.10. The molecule has 1 heterocycles. The molecule has 1 amide bonds. The fraction of sp³-hybridized carbons (Fsp3) is 0.200. The molecule has 0 unspecified atom stereocenters. The summed E-state index contributed by atoms with van der Waals surface area (Å²) < 4.78 is 0. The number of non-ortho nitro benzene ring substituents is 1. The number of rotatable bonds is 7. The van der Waals surface area contributed by atoms with Gasteiger partial charge >= 0.3 is 0 Å². The van der Waals surface area contributed by atoms with Gasteiger partial charge in [0.15, 0.2) is 0 Å². The van der Waals surface area contributed by atoms with Crippen LogP contribution in [-0.2, 0) is 6.42 Å². The molecule has 0 saturated carbocycles. The molecular weight excluding hydrogens is 378 g/mol. The van der Waals surface area contributed by atoms with E-state index in [0.717, 1.165) is 17.0 Å². The van der Waals surface area contributed by atoms with Gasteiger partial charge in [0, 0.05) is 29.6 Å². The van der Waals surface area contributed by atoms with Crippen molar-refractivity contribution in [2.24, 2.45) is 0 Å². The highest BCUT2D eigenvalue weighted by molar-refractivity contribution is 7.13. The monoisotopic (exact) mass is 397 g/mol. The number of carbonyl (C=O) groups excluding carboxylic acids is 1. The van der Waals surface area contributed by atoms with E-state index in [4.69, 9.17) is 0 Å². The molecule has 144 valence electrons. The van der Waals surface area contributed by atoms with Crippen LogP contribution in [0.1, 0.15) is 34.6 Å². The van der Waals surface area contributed by atoms with E-state index in [1.165, 1.54) is 41.2 Å². The Morgan fingerprint density at radius 2 is 1.89 bits per heavy atom. The summed E-state index contributed by atoms with van der Waals surface area (Å²) in [6, 6.07) is 13.6. The summed E-state index contributed by atoms with van der Waals surface area (Å²) in [5, 5.41) is 25.9. The van der Waals surface area contributed by atoms with Crippen molar-refractivity contribution in [1.29, 1.82) is 0 Å². The van der Waals surface area contributed by atoms with Crippen LogP contribution >= 0.6 is 11.3 Å². The van der Waals surface area contributed by atoms with Gasteiger partial charge in [-0.2, -0.15) is 0 Å². The van der Waals surface area contributed by atoms with Gasteiger partial charge in [-0.05, 0) is 29.7 Å². The Bertz CT molecular complexity index is 968. The molecule has 1 atom stereocenters. The molecule has 28 heavy (non-hydrogen) atoms. The molecule has 0 spiro atoms.